The fourth-order valence-corrected chi connectivity index (χ4v) is 3.78. The number of hydrogen-bond donors (Lipinski definition) is 1. The van der Waals surface area contributed by atoms with Gasteiger partial charge in [-0.3, -0.25) is 10.1 Å². The number of benzene rings is 2. The molecule has 7 nitrogen and oxygen atoms in total. The second-order valence-electron chi connectivity index (χ2n) is 7.32. The Hall–Kier alpha value is -3.09. The number of oxime groups is 1. The van der Waals surface area contributed by atoms with Gasteiger partial charge in [-0.05, 0) is 61.1 Å². The number of methoxy groups -OCH3 is 1. The molecule has 2 aromatic rings. The Balaban J connectivity index is 1.78. The van der Waals surface area contributed by atoms with Crippen LogP contribution >= 0.6 is 0 Å². The second kappa shape index (κ2) is 9.41. The smallest absolute Gasteiger partial charge is 0.269 e. The quantitative estimate of drug-likeness (QED) is 0.388. The molecule has 3 rings (SSSR count). The van der Waals surface area contributed by atoms with Crippen molar-refractivity contribution < 1.29 is 19.6 Å². The highest BCUT2D eigenvalue weighted by Gasteiger charge is 2.22. The number of nitro benzene ring substituents is 1. The number of aromatic hydroxyl groups is 1. The first-order valence-corrected chi connectivity index (χ1v) is 9.80. The summed E-state index contributed by atoms with van der Waals surface area (Å²) >= 11 is 0. The van der Waals surface area contributed by atoms with Gasteiger partial charge in [0.2, 0.25) is 0 Å². The Bertz CT molecular complexity index is 887. The van der Waals surface area contributed by atoms with E-state index in [1.807, 2.05) is 13.0 Å². The molecule has 0 radical (unpaired) electrons. The van der Waals surface area contributed by atoms with Crippen molar-refractivity contribution in [1.29, 1.82) is 0 Å². The van der Waals surface area contributed by atoms with Gasteiger partial charge in [0, 0.05) is 17.7 Å². The number of hydrogen-bond acceptors (Lipinski definition) is 6. The molecule has 0 aliphatic heterocycles. The molecule has 0 saturated heterocycles. The summed E-state index contributed by atoms with van der Waals surface area (Å²) in [6.45, 7) is 2.06. The lowest BCUT2D eigenvalue weighted by Gasteiger charge is -2.25. The standard InChI is InChI=1S/C22H26N2O5/c1-15(23-29-14-16-8-10-18(11-9-16)24(26)27)19-12-21(25)22(28-2)13-20(19)17-6-4-3-5-7-17/h8-13,17,25H,3-7,14H2,1-2H3. The van der Waals surface area contributed by atoms with E-state index in [9.17, 15) is 15.2 Å². The summed E-state index contributed by atoms with van der Waals surface area (Å²) in [4.78, 5) is 15.8. The summed E-state index contributed by atoms with van der Waals surface area (Å²) < 4.78 is 5.31. The maximum absolute atomic E-state index is 10.7. The van der Waals surface area contributed by atoms with E-state index >= 15 is 0 Å². The van der Waals surface area contributed by atoms with E-state index in [0.717, 1.165) is 29.5 Å². The molecule has 1 aliphatic carbocycles. The van der Waals surface area contributed by atoms with Gasteiger partial charge in [-0.1, -0.05) is 24.4 Å². The number of nitrogens with zero attached hydrogens (tertiary/aromatic N) is 2. The Morgan fingerprint density at radius 3 is 2.52 bits per heavy atom. The zero-order chi connectivity index (χ0) is 20.8. The van der Waals surface area contributed by atoms with E-state index in [2.05, 4.69) is 5.16 Å². The maximum atomic E-state index is 10.7. The minimum absolute atomic E-state index is 0.0410. The monoisotopic (exact) mass is 398 g/mol. The van der Waals surface area contributed by atoms with E-state index in [1.165, 1.54) is 31.4 Å². The molecule has 2 aromatic carbocycles. The lowest BCUT2D eigenvalue weighted by atomic mass is 9.81. The van der Waals surface area contributed by atoms with Crippen LogP contribution in [0.2, 0.25) is 0 Å². The Morgan fingerprint density at radius 2 is 1.90 bits per heavy atom. The summed E-state index contributed by atoms with van der Waals surface area (Å²) in [7, 11) is 1.55. The van der Waals surface area contributed by atoms with Crippen LogP contribution < -0.4 is 4.74 Å². The van der Waals surface area contributed by atoms with Crippen LogP contribution in [0, 0.1) is 10.1 Å². The van der Waals surface area contributed by atoms with Gasteiger partial charge in [-0.15, -0.1) is 0 Å². The van der Waals surface area contributed by atoms with E-state index < -0.39 is 4.92 Å². The average molecular weight is 398 g/mol. The number of phenolic OH excluding ortho intramolecular Hbond substituents is 1. The van der Waals surface area contributed by atoms with Crippen molar-refractivity contribution in [2.75, 3.05) is 7.11 Å². The molecule has 154 valence electrons. The Morgan fingerprint density at radius 1 is 1.21 bits per heavy atom. The zero-order valence-corrected chi connectivity index (χ0v) is 16.8. The number of ether oxygens (including phenoxy) is 1. The van der Waals surface area contributed by atoms with Gasteiger partial charge in [0.15, 0.2) is 11.5 Å². The van der Waals surface area contributed by atoms with Gasteiger partial charge in [0.05, 0.1) is 17.7 Å². The number of phenols is 1. The third-order valence-corrected chi connectivity index (χ3v) is 5.37. The fourth-order valence-electron chi connectivity index (χ4n) is 3.78. The molecule has 1 N–H and O–H groups in total. The van der Waals surface area contributed by atoms with Crippen LogP contribution in [0.1, 0.15) is 61.6 Å². The molecule has 0 atom stereocenters. The van der Waals surface area contributed by atoms with Crippen molar-refractivity contribution in [3.05, 3.63) is 63.2 Å². The minimum Gasteiger partial charge on any atom is -0.504 e. The van der Waals surface area contributed by atoms with Crippen LogP contribution in [0.15, 0.2) is 41.6 Å². The largest absolute Gasteiger partial charge is 0.504 e. The SMILES string of the molecule is COc1cc(C2CCCCC2)c(C(C)=NOCc2ccc([N+](=O)[O-])cc2)cc1O. The normalized spacial score (nSPS) is 15.2. The summed E-state index contributed by atoms with van der Waals surface area (Å²) in [6.07, 6.45) is 5.86. The predicted octanol–water partition coefficient (Wildman–Crippen LogP) is 5.30. The Kier molecular flexibility index (Phi) is 6.69. The summed E-state index contributed by atoms with van der Waals surface area (Å²) in [5, 5.41) is 25.2. The molecule has 0 bridgehead atoms. The van der Waals surface area contributed by atoms with Crippen molar-refractivity contribution in [3.8, 4) is 11.5 Å². The first kappa shape index (κ1) is 20.6. The first-order valence-electron chi connectivity index (χ1n) is 9.80. The molecule has 1 aliphatic rings. The fraction of sp³-hybridized carbons (Fsp3) is 0.409. The highest BCUT2D eigenvalue weighted by atomic mass is 16.6. The third kappa shape index (κ3) is 5.04. The van der Waals surface area contributed by atoms with Crippen molar-refractivity contribution in [2.24, 2.45) is 5.16 Å². The van der Waals surface area contributed by atoms with Gasteiger partial charge in [-0.2, -0.15) is 0 Å². The molecule has 1 fully saturated rings. The molecular formula is C22H26N2O5. The second-order valence-corrected chi connectivity index (χ2v) is 7.32. The molecule has 0 unspecified atom stereocenters. The van der Waals surface area contributed by atoms with Crippen molar-refractivity contribution in [3.63, 3.8) is 0 Å². The molecule has 0 heterocycles. The van der Waals surface area contributed by atoms with Crippen LogP contribution in [0.5, 0.6) is 11.5 Å². The Labute approximate surface area is 170 Å². The number of nitro groups is 1. The number of rotatable bonds is 7. The van der Waals surface area contributed by atoms with Gasteiger partial charge >= 0.3 is 0 Å². The van der Waals surface area contributed by atoms with Crippen LogP contribution in [-0.4, -0.2) is 22.9 Å². The number of non-ortho nitro benzene ring substituents is 1. The lowest BCUT2D eigenvalue weighted by molar-refractivity contribution is -0.384. The third-order valence-electron chi connectivity index (χ3n) is 5.37. The van der Waals surface area contributed by atoms with Crippen LogP contribution in [-0.2, 0) is 11.4 Å². The van der Waals surface area contributed by atoms with E-state index in [-0.39, 0.29) is 18.0 Å². The maximum Gasteiger partial charge on any atom is 0.269 e. The van der Waals surface area contributed by atoms with E-state index in [0.29, 0.717) is 17.4 Å². The summed E-state index contributed by atoms with van der Waals surface area (Å²) in [5.74, 6) is 0.953. The first-order chi connectivity index (χ1) is 14.0. The molecule has 1 saturated carbocycles. The highest BCUT2D eigenvalue weighted by molar-refractivity contribution is 6.00. The summed E-state index contributed by atoms with van der Waals surface area (Å²) in [5.41, 5.74) is 3.49. The van der Waals surface area contributed by atoms with Crippen molar-refractivity contribution in [2.45, 2.75) is 51.6 Å². The van der Waals surface area contributed by atoms with E-state index in [4.69, 9.17) is 9.57 Å². The van der Waals surface area contributed by atoms with Crippen LogP contribution in [0.4, 0.5) is 5.69 Å². The van der Waals surface area contributed by atoms with E-state index in [1.54, 1.807) is 25.3 Å². The van der Waals surface area contributed by atoms with Crippen LogP contribution in [0.3, 0.4) is 0 Å². The van der Waals surface area contributed by atoms with Gasteiger partial charge in [0.1, 0.15) is 6.61 Å². The molecule has 0 aromatic heterocycles. The van der Waals surface area contributed by atoms with Crippen molar-refractivity contribution >= 4 is 11.4 Å². The zero-order valence-electron chi connectivity index (χ0n) is 16.8. The highest BCUT2D eigenvalue weighted by Crippen LogP contribution is 2.39. The molecular weight excluding hydrogens is 372 g/mol. The van der Waals surface area contributed by atoms with Crippen molar-refractivity contribution in [1.82, 2.24) is 0 Å². The lowest BCUT2D eigenvalue weighted by Crippen LogP contribution is -2.11. The van der Waals surface area contributed by atoms with Gasteiger partial charge < -0.3 is 14.7 Å². The predicted molar refractivity (Wildman–Crippen MR) is 111 cm³/mol. The minimum atomic E-state index is -0.435. The molecule has 0 amide bonds. The van der Waals surface area contributed by atoms with Gasteiger partial charge in [-0.25, -0.2) is 0 Å². The van der Waals surface area contributed by atoms with Crippen LogP contribution in [0.25, 0.3) is 0 Å². The molecule has 0 spiro atoms. The molecule has 7 heteroatoms. The average Bonchev–Trinajstić information content (AvgIpc) is 2.74. The molecule has 29 heavy (non-hydrogen) atoms. The van der Waals surface area contributed by atoms with Gasteiger partial charge in [0.25, 0.3) is 5.69 Å². The topological polar surface area (TPSA) is 94.2 Å². The summed E-state index contributed by atoms with van der Waals surface area (Å²) in [6, 6.07) is 9.79.